The predicted octanol–water partition coefficient (Wildman–Crippen LogP) is 1.16. The maximum atomic E-state index is 11.9. The molecule has 1 fully saturated rings. The molecule has 16 heavy (non-hydrogen) atoms. The summed E-state index contributed by atoms with van der Waals surface area (Å²) in [5.74, 6) is -0.247. The molecule has 4 nitrogen and oxygen atoms in total. The average molecular weight is 224 g/mol. The summed E-state index contributed by atoms with van der Waals surface area (Å²) in [5.41, 5.74) is 0. The smallest absolute Gasteiger partial charge is 0.239 e. The standard InChI is InChI=1S/C12H20N2O2/c1-3-10(8-13)12(16)14-6-4-11(5-7-14)9(2)15/h9-11,15H,3-7H2,1-2H3. The van der Waals surface area contributed by atoms with Crippen LogP contribution in [-0.4, -0.2) is 35.1 Å². The Morgan fingerprint density at radius 3 is 2.50 bits per heavy atom. The third kappa shape index (κ3) is 2.96. The quantitative estimate of drug-likeness (QED) is 0.782. The first-order chi connectivity index (χ1) is 7.60. The summed E-state index contributed by atoms with van der Waals surface area (Å²) in [6.07, 6.45) is 1.96. The molecule has 0 bridgehead atoms. The molecule has 1 aliphatic heterocycles. The van der Waals surface area contributed by atoms with Gasteiger partial charge >= 0.3 is 0 Å². The zero-order valence-electron chi connectivity index (χ0n) is 10.0. The lowest BCUT2D eigenvalue weighted by atomic mass is 9.91. The van der Waals surface area contributed by atoms with Crippen molar-refractivity contribution < 1.29 is 9.90 Å². The van der Waals surface area contributed by atoms with Gasteiger partial charge in [0.15, 0.2) is 0 Å². The molecule has 1 rings (SSSR count). The molecular weight excluding hydrogens is 204 g/mol. The molecule has 1 N–H and O–H groups in total. The van der Waals surface area contributed by atoms with E-state index in [2.05, 4.69) is 0 Å². The van der Waals surface area contributed by atoms with E-state index in [9.17, 15) is 9.90 Å². The number of carbonyl (C=O) groups is 1. The summed E-state index contributed by atoms with van der Waals surface area (Å²) < 4.78 is 0. The van der Waals surface area contributed by atoms with Crippen molar-refractivity contribution in [2.75, 3.05) is 13.1 Å². The van der Waals surface area contributed by atoms with Gasteiger partial charge in [0.05, 0.1) is 12.2 Å². The zero-order valence-corrected chi connectivity index (χ0v) is 10.0. The number of likely N-dealkylation sites (tertiary alicyclic amines) is 1. The van der Waals surface area contributed by atoms with Gasteiger partial charge in [0.1, 0.15) is 5.92 Å². The van der Waals surface area contributed by atoms with Gasteiger partial charge in [-0.05, 0) is 32.1 Å². The molecule has 0 aromatic heterocycles. The van der Waals surface area contributed by atoms with E-state index in [4.69, 9.17) is 5.26 Å². The van der Waals surface area contributed by atoms with E-state index < -0.39 is 5.92 Å². The highest BCUT2D eigenvalue weighted by atomic mass is 16.3. The van der Waals surface area contributed by atoms with Crippen LogP contribution < -0.4 is 0 Å². The summed E-state index contributed by atoms with van der Waals surface area (Å²) in [6, 6.07) is 2.04. The lowest BCUT2D eigenvalue weighted by molar-refractivity contribution is -0.135. The maximum Gasteiger partial charge on any atom is 0.239 e. The van der Waals surface area contributed by atoms with Gasteiger partial charge in [0.25, 0.3) is 0 Å². The molecule has 0 spiro atoms. The number of aliphatic hydroxyl groups is 1. The molecule has 2 atom stereocenters. The highest BCUT2D eigenvalue weighted by Crippen LogP contribution is 2.22. The number of piperidine rings is 1. The molecular formula is C12H20N2O2. The number of rotatable bonds is 3. The Labute approximate surface area is 96.9 Å². The molecule has 0 saturated carbocycles. The molecule has 4 heteroatoms. The SMILES string of the molecule is CCC(C#N)C(=O)N1CCC(C(C)O)CC1. The van der Waals surface area contributed by atoms with Crippen molar-refractivity contribution in [1.29, 1.82) is 5.26 Å². The van der Waals surface area contributed by atoms with Crippen LogP contribution in [0.25, 0.3) is 0 Å². The Balaban J connectivity index is 2.48. The van der Waals surface area contributed by atoms with Gasteiger partial charge in [-0.25, -0.2) is 0 Å². The molecule has 1 amide bonds. The maximum absolute atomic E-state index is 11.9. The van der Waals surface area contributed by atoms with E-state index in [1.54, 1.807) is 11.8 Å². The predicted molar refractivity (Wildman–Crippen MR) is 60.4 cm³/mol. The topological polar surface area (TPSA) is 64.3 Å². The van der Waals surface area contributed by atoms with Crippen molar-refractivity contribution in [3.05, 3.63) is 0 Å². The largest absolute Gasteiger partial charge is 0.393 e. The number of hydrogen-bond donors (Lipinski definition) is 1. The van der Waals surface area contributed by atoms with Crippen LogP contribution in [-0.2, 0) is 4.79 Å². The van der Waals surface area contributed by atoms with Gasteiger partial charge < -0.3 is 10.0 Å². The normalized spacial score (nSPS) is 21.2. The lowest BCUT2D eigenvalue weighted by Crippen LogP contribution is -2.43. The van der Waals surface area contributed by atoms with Crippen LogP contribution in [0.2, 0.25) is 0 Å². The van der Waals surface area contributed by atoms with Gasteiger partial charge in [-0.2, -0.15) is 5.26 Å². The fraction of sp³-hybridized carbons (Fsp3) is 0.833. The van der Waals surface area contributed by atoms with Gasteiger partial charge in [-0.3, -0.25) is 4.79 Å². The van der Waals surface area contributed by atoms with Crippen molar-refractivity contribution in [2.45, 2.75) is 39.2 Å². The van der Waals surface area contributed by atoms with E-state index in [1.165, 1.54) is 0 Å². The number of carbonyl (C=O) groups excluding carboxylic acids is 1. The number of amides is 1. The summed E-state index contributed by atoms with van der Waals surface area (Å²) >= 11 is 0. The number of nitriles is 1. The van der Waals surface area contributed by atoms with Crippen LogP contribution in [0.4, 0.5) is 0 Å². The molecule has 1 saturated heterocycles. The summed E-state index contributed by atoms with van der Waals surface area (Å²) in [6.45, 7) is 5.00. The third-order valence-electron chi connectivity index (χ3n) is 3.40. The second-order valence-corrected chi connectivity index (χ2v) is 4.49. The zero-order chi connectivity index (χ0) is 12.1. The Hall–Kier alpha value is -1.08. The second kappa shape index (κ2) is 5.86. The van der Waals surface area contributed by atoms with E-state index in [1.807, 2.05) is 13.0 Å². The van der Waals surface area contributed by atoms with E-state index in [0.717, 1.165) is 12.8 Å². The fourth-order valence-corrected chi connectivity index (χ4v) is 2.14. The van der Waals surface area contributed by atoms with Gasteiger partial charge in [0, 0.05) is 13.1 Å². The minimum atomic E-state index is -0.497. The summed E-state index contributed by atoms with van der Waals surface area (Å²) in [5, 5.41) is 18.3. The summed E-state index contributed by atoms with van der Waals surface area (Å²) in [7, 11) is 0. The number of nitrogens with zero attached hydrogens (tertiary/aromatic N) is 2. The van der Waals surface area contributed by atoms with Gasteiger partial charge in [0.2, 0.25) is 5.91 Å². The van der Waals surface area contributed by atoms with Gasteiger partial charge in [-0.15, -0.1) is 0 Å². The van der Waals surface area contributed by atoms with Crippen LogP contribution >= 0.6 is 0 Å². The van der Waals surface area contributed by atoms with Crippen molar-refractivity contribution in [3.8, 4) is 6.07 Å². The van der Waals surface area contributed by atoms with E-state index in [0.29, 0.717) is 25.4 Å². The van der Waals surface area contributed by atoms with E-state index >= 15 is 0 Å². The van der Waals surface area contributed by atoms with Crippen molar-refractivity contribution in [1.82, 2.24) is 4.90 Å². The molecule has 1 aliphatic rings. The van der Waals surface area contributed by atoms with Crippen LogP contribution in [0.1, 0.15) is 33.1 Å². The fourth-order valence-electron chi connectivity index (χ4n) is 2.14. The highest BCUT2D eigenvalue weighted by Gasteiger charge is 2.28. The number of aliphatic hydroxyl groups excluding tert-OH is 1. The first kappa shape index (κ1) is 13.0. The Bertz CT molecular complexity index is 275. The van der Waals surface area contributed by atoms with Crippen LogP contribution in [0.15, 0.2) is 0 Å². The monoisotopic (exact) mass is 224 g/mol. The lowest BCUT2D eigenvalue weighted by Gasteiger charge is -2.34. The molecule has 1 heterocycles. The highest BCUT2D eigenvalue weighted by molar-refractivity contribution is 5.81. The van der Waals surface area contributed by atoms with Crippen LogP contribution in [0.3, 0.4) is 0 Å². The number of hydrogen-bond acceptors (Lipinski definition) is 3. The molecule has 2 unspecified atom stereocenters. The first-order valence-corrected chi connectivity index (χ1v) is 5.96. The Morgan fingerprint density at radius 2 is 2.12 bits per heavy atom. The Morgan fingerprint density at radius 1 is 1.56 bits per heavy atom. The van der Waals surface area contributed by atoms with Crippen molar-refractivity contribution >= 4 is 5.91 Å². The first-order valence-electron chi connectivity index (χ1n) is 5.96. The van der Waals surface area contributed by atoms with Crippen LogP contribution in [0, 0.1) is 23.2 Å². The molecule has 0 aliphatic carbocycles. The van der Waals surface area contributed by atoms with Crippen molar-refractivity contribution in [3.63, 3.8) is 0 Å². The van der Waals surface area contributed by atoms with Crippen LogP contribution in [0.5, 0.6) is 0 Å². The van der Waals surface area contributed by atoms with Crippen molar-refractivity contribution in [2.24, 2.45) is 11.8 Å². The van der Waals surface area contributed by atoms with E-state index in [-0.39, 0.29) is 12.0 Å². The third-order valence-corrected chi connectivity index (χ3v) is 3.40. The minimum Gasteiger partial charge on any atom is -0.393 e. The second-order valence-electron chi connectivity index (χ2n) is 4.49. The molecule has 0 aromatic rings. The Kier molecular flexibility index (Phi) is 4.75. The summed E-state index contributed by atoms with van der Waals surface area (Å²) in [4.78, 5) is 13.6. The molecule has 90 valence electrons. The molecule has 0 aromatic carbocycles. The van der Waals surface area contributed by atoms with Gasteiger partial charge in [-0.1, -0.05) is 6.92 Å². The molecule has 0 radical (unpaired) electrons. The minimum absolute atomic E-state index is 0.0472. The average Bonchev–Trinajstić information content (AvgIpc) is 2.30.